The number of carbonyl (C=O) groups excluding carboxylic acids is 1. The molecule has 0 aliphatic carbocycles. The topological polar surface area (TPSA) is 67.1 Å². The summed E-state index contributed by atoms with van der Waals surface area (Å²) >= 11 is 4.18. The zero-order valence-electron chi connectivity index (χ0n) is 13.6. The number of hydrogen-bond donors (Lipinski definition) is 4. The van der Waals surface area contributed by atoms with Crippen molar-refractivity contribution in [3.05, 3.63) is 35.9 Å². The van der Waals surface area contributed by atoms with Gasteiger partial charge in [-0.3, -0.25) is 4.79 Å². The Morgan fingerprint density at radius 1 is 1.32 bits per heavy atom. The van der Waals surface area contributed by atoms with Crippen LogP contribution in [0.25, 0.3) is 0 Å². The summed E-state index contributed by atoms with van der Waals surface area (Å²) in [6.45, 7) is 5.43. The zero-order valence-corrected chi connectivity index (χ0v) is 14.5. The van der Waals surface area contributed by atoms with Crippen LogP contribution in [0.2, 0.25) is 0 Å². The highest BCUT2D eigenvalue weighted by Crippen LogP contribution is 2.08. The molecule has 22 heavy (non-hydrogen) atoms. The minimum atomic E-state index is -0.202. The number of amides is 1. The molecule has 4 N–H and O–H groups in total. The van der Waals surface area contributed by atoms with Gasteiger partial charge < -0.3 is 16.4 Å². The van der Waals surface area contributed by atoms with Crippen LogP contribution < -0.4 is 16.4 Å². The van der Waals surface area contributed by atoms with Gasteiger partial charge in [0.05, 0.1) is 6.04 Å². The van der Waals surface area contributed by atoms with Crippen LogP contribution in [0, 0.1) is 5.92 Å². The van der Waals surface area contributed by atoms with Crippen LogP contribution in [-0.2, 0) is 11.2 Å². The lowest BCUT2D eigenvalue weighted by molar-refractivity contribution is -0.124. The molecule has 0 spiro atoms. The van der Waals surface area contributed by atoms with Gasteiger partial charge in [-0.05, 0) is 17.9 Å². The Labute approximate surface area is 139 Å². The number of nitrogens with two attached hydrogens (primary N) is 1. The van der Waals surface area contributed by atoms with E-state index in [2.05, 4.69) is 49.2 Å². The third kappa shape index (κ3) is 6.81. The molecule has 0 aliphatic rings. The van der Waals surface area contributed by atoms with Crippen LogP contribution in [0.5, 0.6) is 0 Å². The van der Waals surface area contributed by atoms with Crippen molar-refractivity contribution in [2.75, 3.05) is 18.8 Å². The summed E-state index contributed by atoms with van der Waals surface area (Å²) in [5, 5.41) is 6.31. The smallest absolute Gasteiger partial charge is 0.237 e. The first-order valence-corrected chi connectivity index (χ1v) is 8.63. The molecule has 0 aliphatic heterocycles. The minimum Gasteiger partial charge on any atom is -0.354 e. The van der Waals surface area contributed by atoms with Crippen molar-refractivity contribution in [1.29, 1.82) is 0 Å². The predicted octanol–water partition coefficient (Wildman–Crippen LogP) is 1.61. The molecule has 0 fully saturated rings. The van der Waals surface area contributed by atoms with E-state index in [0.717, 1.165) is 12.8 Å². The lowest BCUT2D eigenvalue weighted by Crippen LogP contribution is -2.51. The average molecular weight is 324 g/mol. The van der Waals surface area contributed by atoms with E-state index in [1.54, 1.807) is 0 Å². The van der Waals surface area contributed by atoms with Gasteiger partial charge in [-0.25, -0.2) is 0 Å². The first-order chi connectivity index (χ1) is 10.6. The normalized spacial score (nSPS) is 15.1. The summed E-state index contributed by atoms with van der Waals surface area (Å²) in [6.07, 6.45) is 1.79. The fourth-order valence-corrected chi connectivity index (χ4v) is 2.34. The highest BCUT2D eigenvalue weighted by atomic mass is 32.1. The number of thiol groups is 1. The van der Waals surface area contributed by atoms with Crippen molar-refractivity contribution in [3.63, 3.8) is 0 Å². The molecule has 0 radical (unpaired) electrons. The molecular weight excluding hydrogens is 294 g/mol. The molecule has 1 amide bonds. The fraction of sp³-hybridized carbons (Fsp3) is 0.588. The lowest BCUT2D eigenvalue weighted by atomic mass is 9.98. The van der Waals surface area contributed by atoms with Crippen molar-refractivity contribution >= 4 is 18.5 Å². The van der Waals surface area contributed by atoms with Crippen LogP contribution in [0.15, 0.2) is 30.3 Å². The molecule has 1 rings (SSSR count). The Hall–Kier alpha value is -1.04. The van der Waals surface area contributed by atoms with Crippen LogP contribution >= 0.6 is 12.6 Å². The summed E-state index contributed by atoms with van der Waals surface area (Å²) < 4.78 is 0. The third-order valence-electron chi connectivity index (χ3n) is 3.89. The van der Waals surface area contributed by atoms with Gasteiger partial charge in [0.15, 0.2) is 0 Å². The molecule has 0 saturated heterocycles. The maximum Gasteiger partial charge on any atom is 0.237 e. The van der Waals surface area contributed by atoms with E-state index < -0.39 is 0 Å². The highest BCUT2D eigenvalue weighted by molar-refractivity contribution is 7.80. The lowest BCUT2D eigenvalue weighted by Gasteiger charge is -2.25. The second kappa shape index (κ2) is 10.6. The van der Waals surface area contributed by atoms with Crippen molar-refractivity contribution in [2.24, 2.45) is 11.7 Å². The summed E-state index contributed by atoms with van der Waals surface area (Å²) in [7, 11) is 0. The standard InChI is InChI=1S/C17H29N3OS/c1-3-13(2)16(20-11-15(18)12-22)17(21)19-10-9-14-7-5-4-6-8-14/h4-8,13,15-16,20,22H,3,9-12,18H2,1-2H3,(H,19,21). The number of hydrogen-bond acceptors (Lipinski definition) is 4. The maximum absolute atomic E-state index is 12.4. The molecule has 5 heteroatoms. The van der Waals surface area contributed by atoms with Gasteiger partial charge in [0, 0.05) is 24.9 Å². The average Bonchev–Trinajstić information content (AvgIpc) is 2.55. The Bertz CT molecular complexity index is 427. The molecule has 4 nitrogen and oxygen atoms in total. The summed E-state index contributed by atoms with van der Waals surface area (Å²) in [5.41, 5.74) is 7.10. The van der Waals surface area contributed by atoms with E-state index in [1.165, 1.54) is 5.56 Å². The predicted molar refractivity (Wildman–Crippen MR) is 96.2 cm³/mol. The van der Waals surface area contributed by atoms with Gasteiger partial charge in [-0.1, -0.05) is 50.6 Å². The molecule has 1 aromatic carbocycles. The van der Waals surface area contributed by atoms with Crippen LogP contribution in [0.4, 0.5) is 0 Å². The van der Waals surface area contributed by atoms with E-state index in [1.807, 2.05) is 18.2 Å². The third-order valence-corrected chi connectivity index (χ3v) is 4.35. The van der Waals surface area contributed by atoms with Gasteiger partial charge >= 0.3 is 0 Å². The van der Waals surface area contributed by atoms with E-state index >= 15 is 0 Å². The van der Waals surface area contributed by atoms with Crippen molar-refractivity contribution in [1.82, 2.24) is 10.6 Å². The van der Waals surface area contributed by atoms with E-state index in [9.17, 15) is 4.79 Å². The molecule has 124 valence electrons. The van der Waals surface area contributed by atoms with E-state index in [-0.39, 0.29) is 23.9 Å². The largest absolute Gasteiger partial charge is 0.354 e. The van der Waals surface area contributed by atoms with E-state index in [0.29, 0.717) is 18.8 Å². The van der Waals surface area contributed by atoms with Crippen LogP contribution in [-0.4, -0.2) is 36.8 Å². The van der Waals surface area contributed by atoms with Gasteiger partial charge in [-0.15, -0.1) is 0 Å². The molecule has 0 aromatic heterocycles. The van der Waals surface area contributed by atoms with Gasteiger partial charge in [-0.2, -0.15) is 12.6 Å². The monoisotopic (exact) mass is 323 g/mol. The Morgan fingerprint density at radius 2 is 2.00 bits per heavy atom. The summed E-state index contributed by atoms with van der Waals surface area (Å²) in [4.78, 5) is 12.4. The number of carbonyl (C=O) groups is 1. The second-order valence-corrected chi connectivity index (χ2v) is 6.11. The first-order valence-electron chi connectivity index (χ1n) is 7.99. The molecule has 0 heterocycles. The second-order valence-electron chi connectivity index (χ2n) is 5.74. The Morgan fingerprint density at radius 3 is 2.59 bits per heavy atom. The molecular formula is C17H29N3OS. The number of rotatable bonds is 10. The zero-order chi connectivity index (χ0) is 16.4. The highest BCUT2D eigenvalue weighted by Gasteiger charge is 2.23. The molecule has 1 aromatic rings. The van der Waals surface area contributed by atoms with Gasteiger partial charge in [0.2, 0.25) is 5.91 Å². The van der Waals surface area contributed by atoms with Gasteiger partial charge in [0.1, 0.15) is 0 Å². The minimum absolute atomic E-state index is 0.0352. The number of nitrogens with one attached hydrogen (secondary N) is 2. The van der Waals surface area contributed by atoms with Gasteiger partial charge in [0.25, 0.3) is 0 Å². The van der Waals surface area contributed by atoms with Crippen LogP contribution in [0.1, 0.15) is 25.8 Å². The SMILES string of the molecule is CCC(C)C(NCC(N)CS)C(=O)NCCc1ccccc1. The summed E-state index contributed by atoms with van der Waals surface area (Å²) in [5.74, 6) is 0.927. The van der Waals surface area contributed by atoms with Crippen molar-refractivity contribution < 1.29 is 4.79 Å². The maximum atomic E-state index is 12.4. The molecule has 0 bridgehead atoms. The van der Waals surface area contributed by atoms with E-state index in [4.69, 9.17) is 5.73 Å². The van der Waals surface area contributed by atoms with Crippen molar-refractivity contribution in [3.8, 4) is 0 Å². The number of benzene rings is 1. The molecule has 3 unspecified atom stereocenters. The van der Waals surface area contributed by atoms with Crippen molar-refractivity contribution in [2.45, 2.75) is 38.8 Å². The molecule has 3 atom stereocenters. The Balaban J connectivity index is 2.45. The quantitative estimate of drug-likeness (QED) is 0.495. The van der Waals surface area contributed by atoms with Crippen LogP contribution in [0.3, 0.4) is 0 Å². The first kappa shape index (κ1) is 19.0. The summed E-state index contributed by atoms with van der Waals surface area (Å²) in [6, 6.07) is 9.93. The Kier molecular flexibility index (Phi) is 9.20. The molecule has 0 saturated carbocycles. The fourth-order valence-electron chi connectivity index (χ4n) is 2.22.